The lowest BCUT2D eigenvalue weighted by Gasteiger charge is -2.47. The summed E-state index contributed by atoms with van der Waals surface area (Å²) in [5.74, 6) is -0.711. The standard InChI is InChI=1S/C38H57N3O9/c1-5-46-35(42)34(18-17-27(2)3)39-20-10-15-30-23-32(48-37(44)41-25-29-13-8-12-28-11-6-7-16-33(28)29)24-38(49-30)19-9-14-31(50-38)26-47-36(43)40-21-22-45-4/h6-8,11-13,16,27,30-32,34,39H,5,9-10,14-15,17-26H2,1-4H3,(H,40,43)(H,41,44)/t30-,31-,32-,34+,38+/m1/s1. The molecule has 0 unspecified atom stereocenters. The predicted octanol–water partition coefficient (Wildman–Crippen LogP) is 5.99. The lowest BCUT2D eigenvalue weighted by molar-refractivity contribution is -0.329. The van der Waals surface area contributed by atoms with Gasteiger partial charge < -0.3 is 44.4 Å². The Morgan fingerprint density at radius 1 is 0.960 bits per heavy atom. The lowest BCUT2D eigenvalue weighted by Crippen LogP contribution is -2.53. The SMILES string of the molecule is CCOC(=O)[C@H](CCC(C)C)NCCC[C@@H]1C[C@@H](OC(=O)NCc2cccc3ccccc23)C[C@@]2(CCC[C@H](COC(=O)NCCOC)O2)O1. The van der Waals surface area contributed by atoms with Crippen LogP contribution in [0.3, 0.4) is 0 Å². The highest BCUT2D eigenvalue weighted by Gasteiger charge is 2.47. The molecule has 2 aliphatic rings. The highest BCUT2D eigenvalue weighted by Crippen LogP contribution is 2.41. The summed E-state index contributed by atoms with van der Waals surface area (Å²) < 4.78 is 34.9. The molecule has 2 aromatic carbocycles. The number of fused-ring (bicyclic) bond motifs is 1. The minimum Gasteiger partial charge on any atom is -0.465 e. The van der Waals surface area contributed by atoms with Gasteiger partial charge >= 0.3 is 18.2 Å². The molecule has 0 bridgehead atoms. The monoisotopic (exact) mass is 699 g/mol. The molecule has 12 heteroatoms. The lowest BCUT2D eigenvalue weighted by atomic mass is 9.90. The second kappa shape index (κ2) is 20.4. The third-order valence-corrected chi connectivity index (χ3v) is 9.16. The molecule has 2 heterocycles. The average molecular weight is 700 g/mol. The van der Waals surface area contributed by atoms with E-state index in [9.17, 15) is 14.4 Å². The van der Waals surface area contributed by atoms with E-state index < -0.39 is 24.1 Å². The van der Waals surface area contributed by atoms with E-state index in [0.29, 0.717) is 77.3 Å². The van der Waals surface area contributed by atoms with Crippen LogP contribution in [0.4, 0.5) is 9.59 Å². The minimum atomic E-state index is -0.972. The van der Waals surface area contributed by atoms with Gasteiger partial charge in [-0.3, -0.25) is 4.79 Å². The Morgan fingerprint density at radius 3 is 2.56 bits per heavy atom. The second-order valence-electron chi connectivity index (χ2n) is 13.6. The molecule has 0 aliphatic carbocycles. The molecule has 278 valence electrons. The molecule has 5 atom stereocenters. The second-order valence-corrected chi connectivity index (χ2v) is 13.6. The van der Waals surface area contributed by atoms with Crippen molar-refractivity contribution in [2.45, 2.75) is 115 Å². The highest BCUT2D eigenvalue weighted by atomic mass is 16.7. The molecule has 2 saturated heterocycles. The first-order valence-corrected chi connectivity index (χ1v) is 18.3. The van der Waals surface area contributed by atoms with Crippen LogP contribution in [0.5, 0.6) is 0 Å². The third-order valence-electron chi connectivity index (χ3n) is 9.16. The van der Waals surface area contributed by atoms with E-state index in [1.807, 2.05) is 49.4 Å². The Kier molecular flexibility index (Phi) is 16.1. The molecule has 2 amide bonds. The van der Waals surface area contributed by atoms with Crippen molar-refractivity contribution in [2.75, 3.05) is 40.0 Å². The van der Waals surface area contributed by atoms with Gasteiger partial charge in [-0.05, 0) is 74.2 Å². The van der Waals surface area contributed by atoms with E-state index in [0.717, 1.165) is 35.6 Å². The van der Waals surface area contributed by atoms with Crippen LogP contribution in [0.1, 0.15) is 84.1 Å². The number of benzene rings is 2. The summed E-state index contributed by atoms with van der Waals surface area (Å²) >= 11 is 0. The molecule has 3 N–H and O–H groups in total. The zero-order valence-electron chi connectivity index (χ0n) is 30.2. The van der Waals surface area contributed by atoms with E-state index in [4.69, 9.17) is 28.4 Å². The Hall–Kier alpha value is -3.45. The van der Waals surface area contributed by atoms with E-state index in [-0.39, 0.29) is 30.8 Å². The smallest absolute Gasteiger partial charge is 0.407 e. The summed E-state index contributed by atoms with van der Waals surface area (Å²) in [7, 11) is 1.57. The number of nitrogens with one attached hydrogen (secondary N) is 3. The van der Waals surface area contributed by atoms with Crippen molar-refractivity contribution in [3.05, 3.63) is 48.0 Å². The number of hydrogen-bond acceptors (Lipinski definition) is 10. The zero-order chi connectivity index (χ0) is 35.8. The molecular formula is C38H57N3O9. The first kappa shape index (κ1) is 39.3. The van der Waals surface area contributed by atoms with Gasteiger partial charge in [-0.25, -0.2) is 9.59 Å². The van der Waals surface area contributed by atoms with Gasteiger partial charge in [-0.2, -0.15) is 0 Å². The number of ether oxygens (including phenoxy) is 6. The van der Waals surface area contributed by atoms with Crippen LogP contribution >= 0.6 is 0 Å². The Balaban J connectivity index is 1.37. The first-order chi connectivity index (χ1) is 24.2. The normalized spacial score (nSPS) is 22.6. The maximum Gasteiger partial charge on any atom is 0.407 e. The first-order valence-electron chi connectivity index (χ1n) is 18.3. The highest BCUT2D eigenvalue weighted by molar-refractivity contribution is 5.86. The number of carbonyl (C=O) groups excluding carboxylic acids is 3. The number of esters is 1. The number of carbonyl (C=O) groups is 3. The Labute approximate surface area is 296 Å². The molecule has 50 heavy (non-hydrogen) atoms. The van der Waals surface area contributed by atoms with Crippen LogP contribution < -0.4 is 16.0 Å². The molecule has 2 aromatic rings. The van der Waals surface area contributed by atoms with Gasteiger partial charge in [0.1, 0.15) is 18.8 Å². The van der Waals surface area contributed by atoms with Gasteiger partial charge in [-0.1, -0.05) is 56.3 Å². The molecule has 2 fully saturated rings. The Bertz CT molecular complexity index is 1350. The van der Waals surface area contributed by atoms with Gasteiger partial charge in [0.2, 0.25) is 0 Å². The average Bonchev–Trinajstić information content (AvgIpc) is 3.09. The van der Waals surface area contributed by atoms with E-state index in [2.05, 4.69) is 29.8 Å². The number of rotatable bonds is 18. The van der Waals surface area contributed by atoms with Crippen LogP contribution in [-0.4, -0.2) is 88.3 Å². The van der Waals surface area contributed by atoms with E-state index >= 15 is 0 Å². The van der Waals surface area contributed by atoms with Crippen molar-refractivity contribution in [1.29, 1.82) is 0 Å². The van der Waals surface area contributed by atoms with Crippen molar-refractivity contribution in [3.63, 3.8) is 0 Å². The molecule has 0 aromatic heterocycles. The maximum absolute atomic E-state index is 13.2. The molecular weight excluding hydrogens is 642 g/mol. The van der Waals surface area contributed by atoms with Gasteiger partial charge in [0.05, 0.1) is 25.4 Å². The number of hydrogen-bond donors (Lipinski definition) is 3. The summed E-state index contributed by atoms with van der Waals surface area (Å²) in [4.78, 5) is 37.9. The maximum atomic E-state index is 13.2. The summed E-state index contributed by atoms with van der Waals surface area (Å²) in [6.45, 7) is 8.22. The summed E-state index contributed by atoms with van der Waals surface area (Å²) in [6, 6.07) is 13.8. The van der Waals surface area contributed by atoms with Crippen molar-refractivity contribution in [2.24, 2.45) is 5.92 Å². The fourth-order valence-electron chi connectivity index (χ4n) is 6.70. The summed E-state index contributed by atoms with van der Waals surface area (Å²) in [5.41, 5.74) is 1.01. The van der Waals surface area contributed by atoms with Crippen LogP contribution in [0.2, 0.25) is 0 Å². The van der Waals surface area contributed by atoms with Crippen molar-refractivity contribution < 1.29 is 42.8 Å². The molecule has 0 saturated carbocycles. The topological polar surface area (TPSA) is 143 Å². The van der Waals surface area contributed by atoms with E-state index in [1.54, 1.807) is 7.11 Å². The number of alkyl carbamates (subject to hydrolysis) is 2. The quantitative estimate of drug-likeness (QED) is 0.0965. The molecule has 0 radical (unpaired) electrons. The number of methoxy groups -OCH3 is 1. The van der Waals surface area contributed by atoms with Gasteiger partial charge in [0.15, 0.2) is 5.79 Å². The molecule has 12 nitrogen and oxygen atoms in total. The van der Waals surface area contributed by atoms with Gasteiger partial charge in [0.25, 0.3) is 0 Å². The van der Waals surface area contributed by atoms with Crippen molar-refractivity contribution in [3.8, 4) is 0 Å². The molecule has 1 spiro atoms. The van der Waals surface area contributed by atoms with Crippen LogP contribution in [0, 0.1) is 5.92 Å². The number of amides is 2. The fourth-order valence-corrected chi connectivity index (χ4v) is 6.70. The van der Waals surface area contributed by atoms with Gasteiger partial charge in [-0.15, -0.1) is 0 Å². The largest absolute Gasteiger partial charge is 0.465 e. The van der Waals surface area contributed by atoms with Gasteiger partial charge in [0, 0.05) is 39.5 Å². The predicted molar refractivity (Wildman–Crippen MR) is 190 cm³/mol. The van der Waals surface area contributed by atoms with Crippen molar-refractivity contribution in [1.82, 2.24) is 16.0 Å². The van der Waals surface area contributed by atoms with Crippen LogP contribution in [-0.2, 0) is 39.8 Å². The Morgan fingerprint density at radius 2 is 1.76 bits per heavy atom. The fraction of sp³-hybridized carbons (Fsp3) is 0.658. The zero-order valence-corrected chi connectivity index (χ0v) is 30.2. The van der Waals surface area contributed by atoms with Crippen LogP contribution in [0.25, 0.3) is 10.8 Å². The minimum absolute atomic E-state index is 0.0845. The van der Waals surface area contributed by atoms with Crippen molar-refractivity contribution >= 4 is 28.9 Å². The van der Waals surface area contributed by atoms with E-state index in [1.165, 1.54) is 0 Å². The third kappa shape index (κ3) is 12.7. The summed E-state index contributed by atoms with van der Waals surface area (Å²) in [5, 5.41) is 11.2. The molecule has 4 rings (SSSR count). The molecule has 2 aliphatic heterocycles. The summed E-state index contributed by atoms with van der Waals surface area (Å²) in [6.07, 6.45) is 4.05. The van der Waals surface area contributed by atoms with Crippen LogP contribution in [0.15, 0.2) is 42.5 Å².